The lowest BCUT2D eigenvalue weighted by Gasteiger charge is -2.58. The van der Waals surface area contributed by atoms with Gasteiger partial charge in [-0.05, 0) is 79.0 Å². The first kappa shape index (κ1) is 18.5. The van der Waals surface area contributed by atoms with Crippen molar-refractivity contribution < 1.29 is 9.53 Å². The topological polar surface area (TPSA) is 26.3 Å². The van der Waals surface area contributed by atoms with Crippen LogP contribution in [0, 0.1) is 35.5 Å². The highest BCUT2D eigenvalue weighted by molar-refractivity contribution is 5.99. The molecule has 2 heteroatoms. The van der Waals surface area contributed by atoms with Gasteiger partial charge in [-0.1, -0.05) is 34.1 Å². The summed E-state index contributed by atoms with van der Waals surface area (Å²) in [6.07, 6.45) is 6.16. The summed E-state index contributed by atoms with van der Waals surface area (Å²) in [6, 6.07) is 5.97. The third kappa shape index (κ3) is 3.13. The lowest BCUT2D eigenvalue weighted by Crippen LogP contribution is -2.53. The third-order valence-corrected chi connectivity index (χ3v) is 7.32. The molecule has 0 aromatic heterocycles. The fraction of sp³-hybridized carbons (Fsp3) is 0.696. The monoisotopic (exact) mass is 342 g/mol. The largest absolute Gasteiger partial charge is 0.497 e. The van der Waals surface area contributed by atoms with Crippen molar-refractivity contribution in [3.05, 3.63) is 29.3 Å². The van der Waals surface area contributed by atoms with E-state index < -0.39 is 0 Å². The molecular formula is C23H34O2. The Kier molecular flexibility index (Phi) is 4.77. The molecule has 3 rings (SSSR count). The van der Waals surface area contributed by atoms with E-state index in [4.69, 9.17) is 4.74 Å². The quantitative estimate of drug-likeness (QED) is 0.624. The maximum absolute atomic E-state index is 13.6. The van der Waals surface area contributed by atoms with Crippen molar-refractivity contribution in [2.24, 2.45) is 28.6 Å². The summed E-state index contributed by atoms with van der Waals surface area (Å²) in [5.74, 6) is 2.34. The molecule has 0 aliphatic heterocycles. The number of aryl methyl sites for hydroxylation is 1. The number of fused-ring (bicyclic) bond motifs is 1. The van der Waals surface area contributed by atoms with Crippen LogP contribution in [0.25, 0.3) is 0 Å². The molecule has 0 amide bonds. The molecule has 1 aromatic rings. The Bertz CT molecular complexity index is 660. The molecule has 1 aromatic carbocycles. The van der Waals surface area contributed by atoms with Gasteiger partial charge in [-0.2, -0.15) is 0 Å². The van der Waals surface area contributed by atoms with E-state index in [2.05, 4.69) is 27.7 Å². The average molecular weight is 343 g/mol. The van der Waals surface area contributed by atoms with Crippen LogP contribution in [0.3, 0.4) is 0 Å². The zero-order chi connectivity index (χ0) is 18.4. The van der Waals surface area contributed by atoms with E-state index in [0.29, 0.717) is 23.0 Å². The fourth-order valence-electron chi connectivity index (χ4n) is 6.25. The van der Waals surface area contributed by atoms with Gasteiger partial charge in [-0.15, -0.1) is 0 Å². The minimum absolute atomic E-state index is 0.119. The Morgan fingerprint density at radius 2 is 1.84 bits per heavy atom. The summed E-state index contributed by atoms with van der Waals surface area (Å²) in [4.78, 5) is 13.6. The number of carbonyl (C=O) groups excluding carboxylic acids is 1. The highest BCUT2D eigenvalue weighted by Gasteiger charge is 2.55. The standard InChI is InChI=1S/C23H34O2/c1-15-12-17(14-18(13-15)25-6)21(24)20-16(2)8-9-19-22(3,4)10-7-11-23(19,20)5/h12-14,16,19-20H,7-11H2,1-6H3/t16?,19-,20+,23-/m0/s1. The Labute approximate surface area is 153 Å². The number of Topliss-reactive ketones (excluding diaryl/α,β-unsaturated/α-hetero) is 1. The normalized spacial score (nSPS) is 34.2. The van der Waals surface area contributed by atoms with Gasteiger partial charge in [0.1, 0.15) is 5.75 Å². The number of benzene rings is 1. The van der Waals surface area contributed by atoms with Crippen LogP contribution in [0.15, 0.2) is 18.2 Å². The van der Waals surface area contributed by atoms with Gasteiger partial charge in [0, 0.05) is 11.5 Å². The van der Waals surface area contributed by atoms with E-state index in [-0.39, 0.29) is 11.3 Å². The summed E-state index contributed by atoms with van der Waals surface area (Å²) in [6.45, 7) is 11.6. The first-order valence-electron chi connectivity index (χ1n) is 9.89. The van der Waals surface area contributed by atoms with Gasteiger partial charge in [0.05, 0.1) is 7.11 Å². The molecule has 2 nitrogen and oxygen atoms in total. The van der Waals surface area contributed by atoms with Gasteiger partial charge in [0.25, 0.3) is 0 Å². The second-order valence-corrected chi connectivity index (χ2v) is 9.54. The van der Waals surface area contributed by atoms with Crippen LogP contribution in [0.4, 0.5) is 0 Å². The molecule has 0 saturated heterocycles. The summed E-state index contributed by atoms with van der Waals surface area (Å²) in [5.41, 5.74) is 2.39. The minimum atomic E-state index is 0.119. The minimum Gasteiger partial charge on any atom is -0.497 e. The van der Waals surface area contributed by atoms with Crippen molar-refractivity contribution >= 4 is 5.78 Å². The number of rotatable bonds is 3. The summed E-state index contributed by atoms with van der Waals surface area (Å²) in [7, 11) is 1.67. The van der Waals surface area contributed by atoms with Crippen molar-refractivity contribution in [3.63, 3.8) is 0 Å². The molecule has 2 fully saturated rings. The number of ether oxygens (including phenoxy) is 1. The molecule has 2 aliphatic carbocycles. The predicted octanol–water partition coefficient (Wildman–Crippen LogP) is 6.07. The fourth-order valence-corrected chi connectivity index (χ4v) is 6.25. The zero-order valence-electron chi connectivity index (χ0n) is 16.8. The number of methoxy groups -OCH3 is 1. The summed E-state index contributed by atoms with van der Waals surface area (Å²) < 4.78 is 5.41. The summed E-state index contributed by atoms with van der Waals surface area (Å²) in [5, 5.41) is 0. The molecule has 25 heavy (non-hydrogen) atoms. The van der Waals surface area contributed by atoms with Gasteiger partial charge < -0.3 is 4.74 Å². The molecule has 2 aliphatic rings. The second kappa shape index (κ2) is 6.45. The maximum Gasteiger partial charge on any atom is 0.166 e. The van der Waals surface area contributed by atoms with Crippen molar-refractivity contribution in [1.82, 2.24) is 0 Å². The van der Waals surface area contributed by atoms with Crippen LogP contribution in [-0.2, 0) is 0 Å². The van der Waals surface area contributed by atoms with Crippen LogP contribution in [-0.4, -0.2) is 12.9 Å². The second-order valence-electron chi connectivity index (χ2n) is 9.54. The number of carbonyl (C=O) groups is 1. The highest BCUT2D eigenvalue weighted by Crippen LogP contribution is 2.61. The number of ketones is 1. The Balaban J connectivity index is 2.01. The predicted molar refractivity (Wildman–Crippen MR) is 103 cm³/mol. The van der Waals surface area contributed by atoms with Gasteiger partial charge in [0.15, 0.2) is 5.78 Å². The van der Waals surface area contributed by atoms with E-state index in [1.165, 1.54) is 32.1 Å². The number of hydrogen-bond donors (Lipinski definition) is 0. The van der Waals surface area contributed by atoms with E-state index in [1.54, 1.807) is 7.11 Å². The van der Waals surface area contributed by atoms with Crippen LogP contribution < -0.4 is 4.74 Å². The van der Waals surface area contributed by atoms with Gasteiger partial charge in [-0.3, -0.25) is 4.79 Å². The van der Waals surface area contributed by atoms with Crippen LogP contribution in [0.5, 0.6) is 5.75 Å². The molecule has 2 saturated carbocycles. The molecule has 1 unspecified atom stereocenters. The van der Waals surface area contributed by atoms with E-state index in [9.17, 15) is 4.79 Å². The van der Waals surface area contributed by atoms with Crippen LogP contribution in [0.2, 0.25) is 0 Å². The average Bonchev–Trinajstić information content (AvgIpc) is 2.52. The summed E-state index contributed by atoms with van der Waals surface area (Å²) >= 11 is 0. The molecule has 0 N–H and O–H groups in total. The van der Waals surface area contributed by atoms with Gasteiger partial charge >= 0.3 is 0 Å². The molecule has 0 bridgehead atoms. The zero-order valence-corrected chi connectivity index (χ0v) is 16.8. The van der Waals surface area contributed by atoms with Crippen LogP contribution in [0.1, 0.15) is 75.7 Å². The molecule has 0 radical (unpaired) electrons. The lowest BCUT2D eigenvalue weighted by atomic mass is 9.46. The van der Waals surface area contributed by atoms with Gasteiger partial charge in [0.2, 0.25) is 0 Å². The Morgan fingerprint density at radius 1 is 1.12 bits per heavy atom. The van der Waals surface area contributed by atoms with E-state index >= 15 is 0 Å². The third-order valence-electron chi connectivity index (χ3n) is 7.32. The van der Waals surface area contributed by atoms with Crippen molar-refractivity contribution in [2.45, 2.75) is 66.7 Å². The maximum atomic E-state index is 13.6. The smallest absolute Gasteiger partial charge is 0.166 e. The Hall–Kier alpha value is -1.31. The molecular weight excluding hydrogens is 308 g/mol. The first-order chi connectivity index (χ1) is 11.7. The highest BCUT2D eigenvalue weighted by atomic mass is 16.5. The number of hydrogen-bond acceptors (Lipinski definition) is 2. The Morgan fingerprint density at radius 3 is 2.52 bits per heavy atom. The van der Waals surface area contributed by atoms with E-state index in [0.717, 1.165) is 16.9 Å². The van der Waals surface area contributed by atoms with Crippen molar-refractivity contribution in [2.75, 3.05) is 7.11 Å². The van der Waals surface area contributed by atoms with Gasteiger partial charge in [-0.25, -0.2) is 0 Å². The van der Waals surface area contributed by atoms with Crippen molar-refractivity contribution in [3.8, 4) is 5.75 Å². The van der Waals surface area contributed by atoms with Crippen molar-refractivity contribution in [1.29, 1.82) is 0 Å². The van der Waals surface area contributed by atoms with Crippen LogP contribution >= 0.6 is 0 Å². The SMILES string of the molecule is COc1cc(C)cc(C(=O)[C@H]2C(C)CC[C@H]3C(C)(C)CCC[C@]23C)c1. The molecule has 4 atom stereocenters. The molecule has 0 heterocycles. The molecule has 138 valence electrons. The molecule has 0 spiro atoms. The van der Waals surface area contributed by atoms with E-state index in [1.807, 2.05) is 25.1 Å². The first-order valence-corrected chi connectivity index (χ1v) is 9.89. The lowest BCUT2D eigenvalue weighted by molar-refractivity contribution is -0.0796.